The van der Waals surface area contributed by atoms with Crippen LogP contribution in [0, 0.1) is 0 Å². The van der Waals surface area contributed by atoms with E-state index >= 15 is 0 Å². The Morgan fingerprint density at radius 3 is 2.35 bits per heavy atom. The summed E-state index contributed by atoms with van der Waals surface area (Å²) in [5.41, 5.74) is 2.28. The SMILES string of the molecule is O=C(O)c1cccc(NS(=O)c2cccc(-c3ccc(Cl)c(Cl)c3)c2)c1. The van der Waals surface area contributed by atoms with Crippen LogP contribution in [0.5, 0.6) is 0 Å². The molecular weight excluding hydrogens is 393 g/mol. The number of halogens is 2. The number of carboxylic acids is 1. The minimum atomic E-state index is -1.55. The first-order chi connectivity index (χ1) is 12.4. The first-order valence-corrected chi connectivity index (χ1v) is 9.42. The van der Waals surface area contributed by atoms with Crippen molar-refractivity contribution in [1.29, 1.82) is 0 Å². The Bertz CT molecular complexity index is 1010. The lowest BCUT2D eigenvalue weighted by atomic mass is 10.1. The van der Waals surface area contributed by atoms with Crippen molar-refractivity contribution in [2.45, 2.75) is 4.90 Å². The lowest BCUT2D eigenvalue weighted by Crippen LogP contribution is -2.06. The van der Waals surface area contributed by atoms with Gasteiger partial charge in [0.1, 0.15) is 11.0 Å². The molecule has 0 bridgehead atoms. The molecular formula is C19H13Cl2NO3S. The zero-order valence-corrected chi connectivity index (χ0v) is 15.6. The number of benzene rings is 3. The van der Waals surface area contributed by atoms with Crippen LogP contribution in [0.4, 0.5) is 5.69 Å². The van der Waals surface area contributed by atoms with E-state index < -0.39 is 17.0 Å². The third-order valence-corrected chi connectivity index (χ3v) is 5.46. The summed E-state index contributed by atoms with van der Waals surface area (Å²) in [7, 11) is -1.55. The molecule has 0 fully saturated rings. The normalized spacial score (nSPS) is 11.8. The molecule has 4 nitrogen and oxygen atoms in total. The number of anilines is 1. The largest absolute Gasteiger partial charge is 0.478 e. The summed E-state index contributed by atoms with van der Waals surface area (Å²) < 4.78 is 15.4. The first kappa shape index (κ1) is 18.5. The molecule has 2 N–H and O–H groups in total. The van der Waals surface area contributed by atoms with Crippen LogP contribution < -0.4 is 4.72 Å². The predicted molar refractivity (Wildman–Crippen MR) is 105 cm³/mol. The second-order valence-corrected chi connectivity index (χ2v) is 7.44. The van der Waals surface area contributed by atoms with Gasteiger partial charge in [-0.05, 0) is 53.6 Å². The highest BCUT2D eigenvalue weighted by molar-refractivity contribution is 7.86. The summed E-state index contributed by atoms with van der Waals surface area (Å²) >= 11 is 12.0. The molecule has 7 heteroatoms. The van der Waals surface area contributed by atoms with Crippen LogP contribution in [0.25, 0.3) is 11.1 Å². The van der Waals surface area contributed by atoms with Crippen molar-refractivity contribution in [2.75, 3.05) is 4.72 Å². The van der Waals surface area contributed by atoms with Crippen LogP contribution in [0.2, 0.25) is 10.0 Å². The van der Waals surface area contributed by atoms with E-state index in [4.69, 9.17) is 28.3 Å². The van der Waals surface area contributed by atoms with Crippen LogP contribution in [0.15, 0.2) is 71.6 Å². The van der Waals surface area contributed by atoms with Gasteiger partial charge < -0.3 is 9.83 Å². The van der Waals surface area contributed by atoms with Gasteiger partial charge in [0, 0.05) is 5.69 Å². The van der Waals surface area contributed by atoms with Crippen molar-refractivity contribution < 1.29 is 14.1 Å². The maximum Gasteiger partial charge on any atom is 0.335 e. The Morgan fingerprint density at radius 1 is 0.885 bits per heavy atom. The van der Waals surface area contributed by atoms with E-state index in [0.29, 0.717) is 20.6 Å². The monoisotopic (exact) mass is 405 g/mol. The molecule has 0 heterocycles. The zero-order valence-electron chi connectivity index (χ0n) is 13.3. The Kier molecular flexibility index (Phi) is 5.61. The molecule has 3 rings (SSSR count). The van der Waals surface area contributed by atoms with Gasteiger partial charge in [0.15, 0.2) is 0 Å². The van der Waals surface area contributed by atoms with Crippen molar-refractivity contribution in [3.63, 3.8) is 0 Å². The maximum absolute atomic E-state index is 12.6. The zero-order chi connectivity index (χ0) is 18.7. The van der Waals surface area contributed by atoms with Gasteiger partial charge in [-0.2, -0.15) is 0 Å². The van der Waals surface area contributed by atoms with Gasteiger partial charge in [0.05, 0.1) is 20.5 Å². The molecule has 0 amide bonds. The molecule has 1 unspecified atom stereocenters. The fraction of sp³-hybridized carbons (Fsp3) is 0. The van der Waals surface area contributed by atoms with Crippen molar-refractivity contribution in [3.05, 3.63) is 82.3 Å². The average molecular weight is 406 g/mol. The molecule has 0 aliphatic carbocycles. The standard InChI is InChI=1S/C19H13Cl2NO3S/c20-17-8-7-13(11-18(17)21)12-3-2-6-16(10-12)26(25)22-15-5-1-4-14(9-15)19(23)24/h1-11,22H,(H,23,24). The number of rotatable bonds is 5. The smallest absolute Gasteiger partial charge is 0.335 e. The molecule has 0 spiro atoms. The molecule has 0 aliphatic rings. The summed E-state index contributed by atoms with van der Waals surface area (Å²) in [5, 5.41) is 9.95. The van der Waals surface area contributed by atoms with E-state index in [1.54, 1.807) is 42.5 Å². The van der Waals surface area contributed by atoms with Gasteiger partial charge >= 0.3 is 5.97 Å². The Hall–Kier alpha value is -2.34. The minimum Gasteiger partial charge on any atom is -0.478 e. The highest BCUT2D eigenvalue weighted by Gasteiger charge is 2.09. The Balaban J connectivity index is 1.85. The molecule has 0 saturated carbocycles. The lowest BCUT2D eigenvalue weighted by Gasteiger charge is -2.09. The van der Waals surface area contributed by atoms with Gasteiger partial charge in [-0.15, -0.1) is 0 Å². The summed E-state index contributed by atoms with van der Waals surface area (Å²) in [6, 6.07) is 18.6. The first-order valence-electron chi connectivity index (χ1n) is 7.51. The fourth-order valence-corrected chi connectivity index (χ4v) is 3.54. The van der Waals surface area contributed by atoms with Crippen molar-refractivity contribution in [3.8, 4) is 11.1 Å². The Labute approximate surface area is 163 Å². The molecule has 0 aliphatic heterocycles. The molecule has 0 saturated heterocycles. The topological polar surface area (TPSA) is 66.4 Å². The van der Waals surface area contributed by atoms with Crippen LogP contribution in [0.3, 0.4) is 0 Å². The third kappa shape index (κ3) is 4.25. The quantitative estimate of drug-likeness (QED) is 0.589. The molecule has 0 radical (unpaired) electrons. The summed E-state index contributed by atoms with van der Waals surface area (Å²) in [5.74, 6) is -1.04. The van der Waals surface area contributed by atoms with E-state index in [2.05, 4.69) is 4.72 Å². The molecule has 132 valence electrons. The average Bonchev–Trinajstić information content (AvgIpc) is 2.64. The van der Waals surface area contributed by atoms with E-state index in [9.17, 15) is 9.00 Å². The van der Waals surface area contributed by atoms with Gasteiger partial charge in [0.25, 0.3) is 0 Å². The van der Waals surface area contributed by atoms with E-state index in [0.717, 1.165) is 11.1 Å². The van der Waals surface area contributed by atoms with Gasteiger partial charge in [-0.3, -0.25) is 0 Å². The second kappa shape index (κ2) is 7.91. The van der Waals surface area contributed by atoms with E-state index in [1.807, 2.05) is 12.1 Å². The number of hydrogen-bond donors (Lipinski definition) is 2. The van der Waals surface area contributed by atoms with Crippen molar-refractivity contribution in [2.24, 2.45) is 0 Å². The minimum absolute atomic E-state index is 0.122. The molecule has 3 aromatic carbocycles. The fourth-order valence-electron chi connectivity index (χ4n) is 2.35. The van der Waals surface area contributed by atoms with Crippen molar-refractivity contribution in [1.82, 2.24) is 0 Å². The number of carbonyl (C=O) groups is 1. The number of hydrogen-bond acceptors (Lipinski definition) is 2. The highest BCUT2D eigenvalue weighted by atomic mass is 35.5. The predicted octanol–water partition coefficient (Wildman–Crippen LogP) is 5.49. The van der Waals surface area contributed by atoms with Gasteiger partial charge in [0.2, 0.25) is 0 Å². The van der Waals surface area contributed by atoms with Crippen LogP contribution in [0.1, 0.15) is 10.4 Å². The summed E-state index contributed by atoms with van der Waals surface area (Å²) in [4.78, 5) is 11.6. The maximum atomic E-state index is 12.6. The lowest BCUT2D eigenvalue weighted by molar-refractivity contribution is 0.0697. The summed E-state index contributed by atoms with van der Waals surface area (Å²) in [6.45, 7) is 0. The molecule has 0 aromatic heterocycles. The summed E-state index contributed by atoms with van der Waals surface area (Å²) in [6.07, 6.45) is 0. The Morgan fingerprint density at radius 2 is 1.62 bits per heavy atom. The number of aromatic carboxylic acids is 1. The molecule has 3 aromatic rings. The van der Waals surface area contributed by atoms with Crippen molar-refractivity contribution >= 4 is 45.8 Å². The van der Waals surface area contributed by atoms with Crippen LogP contribution in [-0.4, -0.2) is 15.3 Å². The highest BCUT2D eigenvalue weighted by Crippen LogP contribution is 2.29. The number of carboxylic acid groups (broad SMARTS) is 1. The van der Waals surface area contributed by atoms with E-state index in [1.165, 1.54) is 12.1 Å². The molecule has 1 atom stereocenters. The van der Waals surface area contributed by atoms with Gasteiger partial charge in [-0.25, -0.2) is 9.00 Å². The van der Waals surface area contributed by atoms with E-state index in [-0.39, 0.29) is 5.56 Å². The van der Waals surface area contributed by atoms with Crippen LogP contribution in [-0.2, 0) is 11.0 Å². The third-order valence-electron chi connectivity index (χ3n) is 3.62. The van der Waals surface area contributed by atoms with Crippen LogP contribution >= 0.6 is 23.2 Å². The second-order valence-electron chi connectivity index (χ2n) is 5.41. The number of nitrogens with one attached hydrogen (secondary N) is 1. The van der Waals surface area contributed by atoms with Gasteiger partial charge in [-0.1, -0.05) is 47.5 Å². The molecule has 26 heavy (non-hydrogen) atoms.